The van der Waals surface area contributed by atoms with Crippen LogP contribution in [-0.2, 0) is 6.54 Å². The van der Waals surface area contributed by atoms with Crippen LogP contribution in [0.5, 0.6) is 5.88 Å². The second-order valence-corrected chi connectivity index (χ2v) is 7.30. The van der Waals surface area contributed by atoms with Crippen LogP contribution in [0.4, 0.5) is 0 Å². The molecule has 2 heterocycles. The normalized spacial score (nSPS) is 30.7. The van der Waals surface area contributed by atoms with Gasteiger partial charge in [0.2, 0.25) is 5.88 Å². The number of hydrogen-bond donors (Lipinski definition) is 1. The van der Waals surface area contributed by atoms with Crippen molar-refractivity contribution in [3.8, 4) is 5.88 Å². The number of amides is 1. The van der Waals surface area contributed by atoms with Crippen molar-refractivity contribution in [1.82, 2.24) is 15.1 Å². The zero-order chi connectivity index (χ0) is 15.3. The molecule has 4 rings (SSSR count). The monoisotopic (exact) mass is 303 g/mol. The Morgan fingerprint density at radius 1 is 1.41 bits per heavy atom. The minimum atomic E-state index is -0.0433. The summed E-state index contributed by atoms with van der Waals surface area (Å²) in [6, 6.07) is 0.238. The smallest absolute Gasteiger partial charge is 0.272 e. The Kier molecular flexibility index (Phi) is 3.39. The first-order valence-electron chi connectivity index (χ1n) is 8.64. The van der Waals surface area contributed by atoms with E-state index in [0.29, 0.717) is 11.6 Å². The highest BCUT2D eigenvalue weighted by Crippen LogP contribution is 2.49. The molecule has 2 saturated carbocycles. The molecule has 1 amide bonds. The maximum absolute atomic E-state index is 12.6. The Morgan fingerprint density at radius 3 is 2.95 bits per heavy atom. The molecule has 1 N–H and O–H groups in total. The van der Waals surface area contributed by atoms with Crippen molar-refractivity contribution >= 4 is 5.91 Å². The van der Waals surface area contributed by atoms with Crippen molar-refractivity contribution in [2.24, 2.45) is 17.8 Å². The van der Waals surface area contributed by atoms with Gasteiger partial charge in [-0.3, -0.25) is 4.79 Å². The van der Waals surface area contributed by atoms with E-state index in [4.69, 9.17) is 4.74 Å². The molecular weight excluding hydrogens is 278 g/mol. The fourth-order valence-electron chi connectivity index (χ4n) is 4.76. The third-order valence-corrected chi connectivity index (χ3v) is 5.89. The molecule has 0 aromatic carbocycles. The largest absolute Gasteiger partial charge is 0.478 e. The maximum atomic E-state index is 12.6. The van der Waals surface area contributed by atoms with Gasteiger partial charge in [0.1, 0.15) is 0 Å². The highest BCUT2D eigenvalue weighted by molar-refractivity contribution is 5.94. The molecule has 120 valence electrons. The SMILES string of the molecule is Cc1c(C(=O)NC(C)C2CC3CCC2C3)nn2c1OCCC2. The van der Waals surface area contributed by atoms with Gasteiger partial charge in [-0.15, -0.1) is 0 Å². The van der Waals surface area contributed by atoms with Gasteiger partial charge >= 0.3 is 0 Å². The molecule has 1 aromatic heterocycles. The zero-order valence-corrected chi connectivity index (χ0v) is 13.5. The van der Waals surface area contributed by atoms with Crippen molar-refractivity contribution < 1.29 is 9.53 Å². The molecule has 5 heteroatoms. The third-order valence-electron chi connectivity index (χ3n) is 5.89. The van der Waals surface area contributed by atoms with Crippen LogP contribution in [0.25, 0.3) is 0 Å². The Hall–Kier alpha value is -1.52. The molecular formula is C17H25N3O2. The number of aromatic nitrogens is 2. The first-order valence-corrected chi connectivity index (χ1v) is 8.64. The Bertz CT molecular complexity index is 595. The standard InChI is InChI=1S/C17H25N3O2/c1-10-15(19-20-6-3-7-22-17(10)20)16(21)18-11(2)14-9-12-4-5-13(14)8-12/h11-14H,3-9H2,1-2H3,(H,18,21). The summed E-state index contributed by atoms with van der Waals surface area (Å²) < 4.78 is 7.48. The first kappa shape index (κ1) is 14.1. The van der Waals surface area contributed by atoms with E-state index in [9.17, 15) is 4.79 Å². The van der Waals surface area contributed by atoms with E-state index in [2.05, 4.69) is 17.3 Å². The van der Waals surface area contributed by atoms with Crippen molar-refractivity contribution in [3.05, 3.63) is 11.3 Å². The van der Waals surface area contributed by atoms with Crippen LogP contribution < -0.4 is 10.1 Å². The van der Waals surface area contributed by atoms with Crippen LogP contribution in [0, 0.1) is 24.7 Å². The van der Waals surface area contributed by atoms with E-state index in [0.717, 1.165) is 42.9 Å². The fraction of sp³-hybridized carbons (Fsp3) is 0.765. The van der Waals surface area contributed by atoms with Crippen LogP contribution in [0.15, 0.2) is 0 Å². The summed E-state index contributed by atoms with van der Waals surface area (Å²) in [4.78, 5) is 12.6. The lowest BCUT2D eigenvalue weighted by molar-refractivity contribution is 0.0908. The summed E-state index contributed by atoms with van der Waals surface area (Å²) in [6.45, 7) is 5.65. The number of nitrogens with one attached hydrogen (secondary N) is 1. The lowest BCUT2D eigenvalue weighted by Gasteiger charge is -2.28. The highest BCUT2D eigenvalue weighted by Gasteiger charge is 2.42. The van der Waals surface area contributed by atoms with E-state index in [1.807, 2.05) is 11.6 Å². The average Bonchev–Trinajstić information content (AvgIpc) is 3.22. The molecule has 0 spiro atoms. The summed E-state index contributed by atoms with van der Waals surface area (Å²) in [7, 11) is 0. The van der Waals surface area contributed by atoms with E-state index in [1.54, 1.807) is 0 Å². The summed E-state index contributed by atoms with van der Waals surface area (Å²) in [6.07, 6.45) is 6.36. The molecule has 1 aliphatic heterocycles. The van der Waals surface area contributed by atoms with Crippen LogP contribution in [0.3, 0.4) is 0 Å². The van der Waals surface area contributed by atoms with Crippen molar-refractivity contribution in [2.45, 2.75) is 58.5 Å². The van der Waals surface area contributed by atoms with E-state index >= 15 is 0 Å². The van der Waals surface area contributed by atoms with Gasteiger partial charge in [0.25, 0.3) is 5.91 Å². The van der Waals surface area contributed by atoms with Gasteiger partial charge < -0.3 is 10.1 Å². The van der Waals surface area contributed by atoms with E-state index in [-0.39, 0.29) is 11.9 Å². The van der Waals surface area contributed by atoms with Gasteiger partial charge in [0, 0.05) is 24.6 Å². The Labute approximate surface area is 131 Å². The van der Waals surface area contributed by atoms with Gasteiger partial charge in [-0.2, -0.15) is 5.10 Å². The van der Waals surface area contributed by atoms with Crippen molar-refractivity contribution in [2.75, 3.05) is 6.61 Å². The molecule has 2 fully saturated rings. The Balaban J connectivity index is 1.47. The number of ether oxygens (including phenoxy) is 1. The predicted octanol–water partition coefficient (Wildman–Crippen LogP) is 2.53. The number of rotatable bonds is 3. The van der Waals surface area contributed by atoms with E-state index in [1.165, 1.54) is 25.7 Å². The number of aryl methyl sites for hydroxylation is 1. The lowest BCUT2D eigenvalue weighted by atomic mass is 9.84. The van der Waals surface area contributed by atoms with Crippen LogP contribution in [-0.4, -0.2) is 28.3 Å². The van der Waals surface area contributed by atoms with Gasteiger partial charge in [-0.1, -0.05) is 6.42 Å². The summed E-state index contributed by atoms with van der Waals surface area (Å²) in [5.41, 5.74) is 1.41. The molecule has 0 radical (unpaired) electrons. The quantitative estimate of drug-likeness (QED) is 0.933. The number of carbonyl (C=O) groups is 1. The van der Waals surface area contributed by atoms with Gasteiger partial charge in [0.15, 0.2) is 5.69 Å². The van der Waals surface area contributed by atoms with Gasteiger partial charge in [-0.05, 0) is 50.9 Å². The first-order chi connectivity index (χ1) is 10.6. The third kappa shape index (κ3) is 2.22. The van der Waals surface area contributed by atoms with E-state index < -0.39 is 0 Å². The molecule has 22 heavy (non-hydrogen) atoms. The van der Waals surface area contributed by atoms with Gasteiger partial charge in [0.05, 0.1) is 6.61 Å². The molecule has 4 unspecified atom stereocenters. The molecule has 5 nitrogen and oxygen atoms in total. The lowest BCUT2D eigenvalue weighted by Crippen LogP contribution is -2.40. The van der Waals surface area contributed by atoms with Crippen LogP contribution in [0.1, 0.15) is 55.1 Å². The summed E-state index contributed by atoms with van der Waals surface area (Å²) in [5.74, 6) is 3.10. The fourth-order valence-corrected chi connectivity index (χ4v) is 4.76. The number of carbonyl (C=O) groups excluding carboxylic acids is 1. The maximum Gasteiger partial charge on any atom is 0.272 e. The zero-order valence-electron chi connectivity index (χ0n) is 13.5. The topological polar surface area (TPSA) is 56.2 Å². The number of nitrogens with zero attached hydrogens (tertiary/aromatic N) is 2. The molecule has 4 atom stereocenters. The van der Waals surface area contributed by atoms with Crippen molar-refractivity contribution in [1.29, 1.82) is 0 Å². The molecule has 3 aliphatic rings. The second-order valence-electron chi connectivity index (χ2n) is 7.30. The highest BCUT2D eigenvalue weighted by atomic mass is 16.5. The predicted molar refractivity (Wildman–Crippen MR) is 82.9 cm³/mol. The molecule has 1 aromatic rings. The molecule has 2 bridgehead atoms. The van der Waals surface area contributed by atoms with Crippen molar-refractivity contribution in [3.63, 3.8) is 0 Å². The van der Waals surface area contributed by atoms with Gasteiger partial charge in [-0.25, -0.2) is 4.68 Å². The summed E-state index contributed by atoms with van der Waals surface area (Å²) in [5, 5.41) is 7.66. The summed E-state index contributed by atoms with van der Waals surface area (Å²) >= 11 is 0. The minimum absolute atomic E-state index is 0.0433. The van der Waals surface area contributed by atoms with Crippen LogP contribution in [0.2, 0.25) is 0 Å². The molecule has 0 saturated heterocycles. The number of fused-ring (bicyclic) bond motifs is 3. The second kappa shape index (κ2) is 5.28. The molecule has 2 aliphatic carbocycles. The average molecular weight is 303 g/mol. The Morgan fingerprint density at radius 2 is 2.27 bits per heavy atom. The minimum Gasteiger partial charge on any atom is -0.478 e. The van der Waals surface area contributed by atoms with Crippen LogP contribution >= 0.6 is 0 Å². The number of hydrogen-bond acceptors (Lipinski definition) is 3.